The number of carboxylic acids is 1. The lowest BCUT2D eigenvalue weighted by molar-refractivity contribution is -0.169. The van der Waals surface area contributed by atoms with Gasteiger partial charge in [-0.3, -0.25) is 9.59 Å². The van der Waals surface area contributed by atoms with Crippen LogP contribution in [0.25, 0.3) is 0 Å². The van der Waals surface area contributed by atoms with Crippen molar-refractivity contribution in [3.05, 3.63) is 0 Å². The van der Waals surface area contributed by atoms with Crippen LogP contribution in [0.2, 0.25) is 0 Å². The third-order valence-corrected chi connectivity index (χ3v) is 3.00. The van der Waals surface area contributed by atoms with Crippen LogP contribution in [0.1, 0.15) is 33.1 Å². The number of hydrogen-bond donors (Lipinski definition) is 1. The highest BCUT2D eigenvalue weighted by Crippen LogP contribution is 2.30. The molecule has 0 aliphatic heterocycles. The van der Waals surface area contributed by atoms with E-state index in [4.69, 9.17) is 14.2 Å². The molecule has 6 nitrogen and oxygen atoms in total. The molecule has 112 valence electrons. The van der Waals surface area contributed by atoms with E-state index in [0.717, 1.165) is 0 Å². The largest absolute Gasteiger partial charge is 0.480 e. The van der Waals surface area contributed by atoms with Crippen LogP contribution in [0.5, 0.6) is 0 Å². The van der Waals surface area contributed by atoms with Crippen molar-refractivity contribution < 1.29 is 28.9 Å². The first-order valence-electron chi connectivity index (χ1n) is 6.52. The van der Waals surface area contributed by atoms with Gasteiger partial charge in [0.2, 0.25) is 0 Å². The van der Waals surface area contributed by atoms with E-state index in [1.807, 2.05) is 0 Å². The van der Waals surface area contributed by atoms with Crippen LogP contribution in [0.3, 0.4) is 0 Å². The van der Waals surface area contributed by atoms with E-state index in [2.05, 4.69) is 0 Å². The second-order valence-corrected chi connectivity index (χ2v) is 4.17. The van der Waals surface area contributed by atoms with Gasteiger partial charge in [-0.2, -0.15) is 0 Å². The molecule has 1 N–H and O–H groups in total. The number of carboxylic acid groups (broad SMARTS) is 1. The van der Waals surface area contributed by atoms with Gasteiger partial charge in [-0.25, -0.2) is 0 Å². The predicted octanol–water partition coefficient (Wildman–Crippen LogP) is 1.47. The molecule has 0 fully saturated rings. The van der Waals surface area contributed by atoms with Crippen LogP contribution < -0.4 is 0 Å². The Labute approximate surface area is 114 Å². The second kappa shape index (κ2) is 9.75. The number of aliphatic carboxylic acids is 1. The van der Waals surface area contributed by atoms with Crippen LogP contribution in [0, 0.1) is 5.41 Å². The van der Waals surface area contributed by atoms with Gasteiger partial charge in [0.15, 0.2) is 5.41 Å². The molecule has 0 aliphatic rings. The van der Waals surface area contributed by atoms with Gasteiger partial charge in [-0.05, 0) is 26.2 Å². The number of rotatable bonds is 11. The fourth-order valence-corrected chi connectivity index (χ4v) is 1.76. The highest BCUT2D eigenvalue weighted by atomic mass is 16.5. The standard InChI is InChI=1S/C13H24O6/c1-4-13(11(14)15,12(16)19-5-2)7-6-8-18-10-9-17-3/h4-10H2,1-3H3,(H,14,15). The number of carbonyl (C=O) groups is 2. The summed E-state index contributed by atoms with van der Waals surface area (Å²) >= 11 is 0. The summed E-state index contributed by atoms with van der Waals surface area (Å²) in [6.45, 7) is 4.87. The van der Waals surface area contributed by atoms with E-state index < -0.39 is 17.4 Å². The third kappa shape index (κ3) is 5.57. The zero-order chi connectivity index (χ0) is 14.7. The highest BCUT2D eigenvalue weighted by Gasteiger charge is 2.45. The molecule has 0 rings (SSSR count). The Balaban J connectivity index is 4.35. The molecule has 0 bridgehead atoms. The van der Waals surface area contributed by atoms with Gasteiger partial charge in [-0.1, -0.05) is 6.92 Å². The quantitative estimate of drug-likeness (QED) is 0.349. The number of carbonyl (C=O) groups excluding carboxylic acids is 1. The van der Waals surface area contributed by atoms with E-state index in [1.165, 1.54) is 0 Å². The van der Waals surface area contributed by atoms with Crippen molar-refractivity contribution >= 4 is 11.9 Å². The van der Waals surface area contributed by atoms with E-state index in [9.17, 15) is 14.7 Å². The van der Waals surface area contributed by atoms with Gasteiger partial charge in [-0.15, -0.1) is 0 Å². The molecule has 0 aliphatic carbocycles. The van der Waals surface area contributed by atoms with Crippen LogP contribution in [0.4, 0.5) is 0 Å². The average molecular weight is 276 g/mol. The maximum atomic E-state index is 11.8. The van der Waals surface area contributed by atoms with Crippen LogP contribution in [0.15, 0.2) is 0 Å². The lowest BCUT2D eigenvalue weighted by atomic mass is 9.80. The maximum Gasteiger partial charge on any atom is 0.323 e. The molecule has 0 saturated carbocycles. The van der Waals surface area contributed by atoms with Gasteiger partial charge in [0, 0.05) is 13.7 Å². The number of methoxy groups -OCH3 is 1. The lowest BCUT2D eigenvalue weighted by Crippen LogP contribution is -2.40. The molecule has 0 aromatic heterocycles. The summed E-state index contributed by atoms with van der Waals surface area (Å²) < 4.78 is 15.0. The molecule has 0 radical (unpaired) electrons. The fraction of sp³-hybridized carbons (Fsp3) is 0.846. The highest BCUT2D eigenvalue weighted by molar-refractivity contribution is 5.99. The smallest absolute Gasteiger partial charge is 0.323 e. The molecule has 19 heavy (non-hydrogen) atoms. The monoisotopic (exact) mass is 276 g/mol. The molecule has 0 aromatic rings. The second-order valence-electron chi connectivity index (χ2n) is 4.17. The van der Waals surface area contributed by atoms with E-state index in [-0.39, 0.29) is 19.4 Å². The summed E-state index contributed by atoms with van der Waals surface area (Å²) in [6, 6.07) is 0. The summed E-state index contributed by atoms with van der Waals surface area (Å²) in [5.41, 5.74) is -1.46. The van der Waals surface area contributed by atoms with Crippen molar-refractivity contribution in [2.45, 2.75) is 33.1 Å². The molecule has 0 spiro atoms. The average Bonchev–Trinajstić information content (AvgIpc) is 2.38. The fourth-order valence-electron chi connectivity index (χ4n) is 1.76. The number of hydrogen-bond acceptors (Lipinski definition) is 5. The summed E-state index contributed by atoms with van der Waals surface area (Å²) in [6.07, 6.45) is 0.909. The maximum absolute atomic E-state index is 11.8. The molecule has 0 saturated heterocycles. The summed E-state index contributed by atoms with van der Waals surface area (Å²) in [7, 11) is 1.58. The molecular weight excluding hydrogens is 252 g/mol. The lowest BCUT2D eigenvalue weighted by Gasteiger charge is -2.25. The minimum atomic E-state index is -1.46. The molecule has 0 heterocycles. The zero-order valence-electron chi connectivity index (χ0n) is 11.9. The van der Waals surface area contributed by atoms with Crippen LogP contribution in [-0.4, -0.2) is 50.6 Å². The van der Waals surface area contributed by atoms with Crippen molar-refractivity contribution in [2.24, 2.45) is 5.41 Å². The SMILES string of the molecule is CCOC(=O)C(CC)(CCCOCCOC)C(=O)O. The summed E-state index contributed by atoms with van der Waals surface area (Å²) in [5.74, 6) is -1.80. The van der Waals surface area contributed by atoms with Gasteiger partial charge >= 0.3 is 11.9 Å². The summed E-state index contributed by atoms with van der Waals surface area (Å²) in [4.78, 5) is 23.2. The van der Waals surface area contributed by atoms with Crippen molar-refractivity contribution in [3.63, 3.8) is 0 Å². The molecular formula is C13H24O6. The number of esters is 1. The predicted molar refractivity (Wildman–Crippen MR) is 68.9 cm³/mol. The van der Waals surface area contributed by atoms with Crippen molar-refractivity contribution in [3.8, 4) is 0 Å². The Kier molecular flexibility index (Phi) is 9.16. The van der Waals surface area contributed by atoms with Crippen molar-refractivity contribution in [1.82, 2.24) is 0 Å². The molecule has 1 atom stereocenters. The molecule has 0 amide bonds. The topological polar surface area (TPSA) is 82.1 Å². The first-order valence-corrected chi connectivity index (χ1v) is 6.52. The first kappa shape index (κ1) is 17.9. The number of ether oxygens (including phenoxy) is 3. The van der Waals surface area contributed by atoms with Crippen molar-refractivity contribution in [1.29, 1.82) is 0 Å². The Bertz CT molecular complexity index is 278. The Hall–Kier alpha value is -1.14. The van der Waals surface area contributed by atoms with E-state index in [1.54, 1.807) is 21.0 Å². The van der Waals surface area contributed by atoms with Crippen molar-refractivity contribution in [2.75, 3.05) is 33.5 Å². The third-order valence-electron chi connectivity index (χ3n) is 3.00. The van der Waals surface area contributed by atoms with E-state index in [0.29, 0.717) is 26.2 Å². The van der Waals surface area contributed by atoms with Crippen LogP contribution in [-0.2, 0) is 23.8 Å². The van der Waals surface area contributed by atoms with Gasteiger partial charge < -0.3 is 19.3 Å². The zero-order valence-corrected chi connectivity index (χ0v) is 11.9. The summed E-state index contributed by atoms with van der Waals surface area (Å²) in [5, 5.41) is 9.30. The van der Waals surface area contributed by atoms with Gasteiger partial charge in [0.1, 0.15) is 0 Å². The minimum absolute atomic E-state index is 0.179. The Morgan fingerprint density at radius 3 is 2.32 bits per heavy atom. The van der Waals surface area contributed by atoms with E-state index >= 15 is 0 Å². The Morgan fingerprint density at radius 2 is 1.84 bits per heavy atom. The normalized spacial score (nSPS) is 13.8. The first-order chi connectivity index (χ1) is 9.05. The molecule has 0 aromatic carbocycles. The van der Waals surface area contributed by atoms with Gasteiger partial charge in [0.05, 0.1) is 19.8 Å². The minimum Gasteiger partial charge on any atom is -0.480 e. The Morgan fingerprint density at radius 1 is 1.16 bits per heavy atom. The molecule has 1 unspecified atom stereocenters. The van der Waals surface area contributed by atoms with Gasteiger partial charge in [0.25, 0.3) is 0 Å². The van der Waals surface area contributed by atoms with Crippen LogP contribution >= 0.6 is 0 Å². The molecule has 6 heteroatoms.